The lowest BCUT2D eigenvalue weighted by atomic mass is 10.4. The number of aromatic nitrogens is 3. The Morgan fingerprint density at radius 3 is 2.83 bits per heavy atom. The second kappa shape index (κ2) is 9.09. The van der Waals surface area contributed by atoms with Crippen LogP contribution in [0.5, 0.6) is 0 Å². The molecule has 0 unspecified atom stereocenters. The Morgan fingerprint density at radius 2 is 2.17 bits per heavy atom. The van der Waals surface area contributed by atoms with Gasteiger partial charge in [0.2, 0.25) is 11.9 Å². The summed E-state index contributed by atoms with van der Waals surface area (Å²) < 4.78 is 12.4. The smallest absolute Gasteiger partial charge is 0.233 e. The molecule has 9 heteroatoms. The highest BCUT2D eigenvalue weighted by Gasteiger charge is 2.23. The van der Waals surface area contributed by atoms with Crippen LogP contribution in [0, 0.1) is 0 Å². The van der Waals surface area contributed by atoms with E-state index in [1.807, 2.05) is 6.92 Å². The second-order valence-corrected chi connectivity index (χ2v) is 6.48. The molecule has 23 heavy (non-hydrogen) atoms. The van der Waals surface area contributed by atoms with Crippen LogP contribution in [0.25, 0.3) is 0 Å². The topological polar surface area (TPSA) is 81.5 Å². The van der Waals surface area contributed by atoms with Crippen LogP contribution in [0.15, 0.2) is 5.16 Å². The Labute approximate surface area is 140 Å². The number of amides is 1. The minimum absolute atomic E-state index is 0.0226. The molecular formula is C14H25N5O3S. The van der Waals surface area contributed by atoms with Crippen molar-refractivity contribution in [2.45, 2.75) is 30.8 Å². The molecule has 0 radical (unpaired) electrons. The van der Waals surface area contributed by atoms with E-state index in [1.165, 1.54) is 11.8 Å². The number of nitrogens with one attached hydrogen (secondary N) is 1. The molecule has 1 atom stereocenters. The van der Waals surface area contributed by atoms with E-state index in [9.17, 15) is 4.79 Å². The van der Waals surface area contributed by atoms with Gasteiger partial charge < -0.3 is 19.7 Å². The van der Waals surface area contributed by atoms with E-state index in [0.717, 1.165) is 30.7 Å². The second-order valence-electron chi connectivity index (χ2n) is 5.17. The van der Waals surface area contributed by atoms with Crippen molar-refractivity contribution in [3.63, 3.8) is 0 Å². The standard InChI is InChI=1S/C14H25N5O3S/c1-4-19-13(18-6-9-22-10-7-18)16-17-14(19)23-11(2)12(20)15-5-8-21-3/h11H,4-10H2,1-3H3,(H,15,20)/t11-/m0/s1. The number of thioether (sulfide) groups is 1. The van der Waals surface area contributed by atoms with Gasteiger partial charge in [0.15, 0.2) is 5.16 Å². The molecule has 1 N–H and O–H groups in total. The average Bonchev–Trinajstić information content (AvgIpc) is 2.98. The third-order valence-corrected chi connectivity index (χ3v) is 4.64. The molecule has 130 valence electrons. The van der Waals surface area contributed by atoms with Crippen LogP contribution in [-0.4, -0.2) is 72.5 Å². The van der Waals surface area contributed by atoms with Crippen LogP contribution in [0.3, 0.4) is 0 Å². The summed E-state index contributed by atoms with van der Waals surface area (Å²) >= 11 is 1.42. The molecule has 0 saturated carbocycles. The molecule has 1 amide bonds. The van der Waals surface area contributed by atoms with E-state index in [2.05, 4.69) is 31.9 Å². The average molecular weight is 343 g/mol. The summed E-state index contributed by atoms with van der Waals surface area (Å²) in [6.45, 7) is 8.76. The van der Waals surface area contributed by atoms with Crippen molar-refractivity contribution < 1.29 is 14.3 Å². The molecule has 0 aliphatic carbocycles. The Hall–Kier alpha value is -1.32. The first-order valence-corrected chi connectivity index (χ1v) is 8.74. The number of hydrogen-bond donors (Lipinski definition) is 1. The normalized spacial score (nSPS) is 16.4. The van der Waals surface area contributed by atoms with Crippen molar-refractivity contribution in [1.82, 2.24) is 20.1 Å². The molecule has 2 heterocycles. The van der Waals surface area contributed by atoms with E-state index in [-0.39, 0.29) is 11.2 Å². The van der Waals surface area contributed by atoms with Crippen LogP contribution < -0.4 is 10.2 Å². The maximum Gasteiger partial charge on any atom is 0.233 e. The zero-order valence-electron chi connectivity index (χ0n) is 13.9. The first kappa shape index (κ1) is 18.0. The van der Waals surface area contributed by atoms with Crippen molar-refractivity contribution in [3.05, 3.63) is 0 Å². The first-order chi connectivity index (χ1) is 11.2. The van der Waals surface area contributed by atoms with Crippen LogP contribution in [0.2, 0.25) is 0 Å². The number of methoxy groups -OCH3 is 1. The predicted octanol–water partition coefficient (Wildman–Crippen LogP) is 0.378. The van der Waals surface area contributed by atoms with E-state index >= 15 is 0 Å². The number of nitrogens with zero attached hydrogens (tertiary/aromatic N) is 4. The number of anilines is 1. The molecule has 0 spiro atoms. The number of hydrogen-bond acceptors (Lipinski definition) is 7. The van der Waals surface area contributed by atoms with Gasteiger partial charge >= 0.3 is 0 Å². The lowest BCUT2D eigenvalue weighted by Gasteiger charge is -2.27. The maximum atomic E-state index is 12.1. The maximum absolute atomic E-state index is 12.1. The van der Waals surface area contributed by atoms with Crippen molar-refractivity contribution in [2.24, 2.45) is 0 Å². The molecule has 1 aliphatic rings. The van der Waals surface area contributed by atoms with Gasteiger partial charge in [0.25, 0.3) is 0 Å². The van der Waals surface area contributed by atoms with Gasteiger partial charge in [-0.3, -0.25) is 9.36 Å². The summed E-state index contributed by atoms with van der Waals surface area (Å²) in [5.74, 6) is 0.830. The highest BCUT2D eigenvalue weighted by Crippen LogP contribution is 2.26. The third-order valence-electron chi connectivity index (χ3n) is 3.56. The number of ether oxygens (including phenoxy) is 2. The predicted molar refractivity (Wildman–Crippen MR) is 88.9 cm³/mol. The molecule has 1 aliphatic heterocycles. The molecule has 1 aromatic heterocycles. The van der Waals surface area contributed by atoms with E-state index < -0.39 is 0 Å². The van der Waals surface area contributed by atoms with Crippen molar-refractivity contribution >= 4 is 23.6 Å². The van der Waals surface area contributed by atoms with Gasteiger partial charge in [-0.1, -0.05) is 11.8 Å². The Morgan fingerprint density at radius 1 is 1.43 bits per heavy atom. The van der Waals surface area contributed by atoms with Crippen molar-refractivity contribution in [1.29, 1.82) is 0 Å². The SMILES string of the molecule is CCn1c(S[C@@H](C)C(=O)NCCOC)nnc1N1CCOCC1. The van der Waals surface area contributed by atoms with Crippen LogP contribution in [-0.2, 0) is 20.8 Å². The van der Waals surface area contributed by atoms with Gasteiger partial charge in [0, 0.05) is 33.3 Å². The minimum atomic E-state index is -0.237. The summed E-state index contributed by atoms with van der Waals surface area (Å²) in [6.07, 6.45) is 0. The van der Waals surface area contributed by atoms with E-state index in [1.54, 1.807) is 7.11 Å². The number of morpholine rings is 1. The molecule has 8 nitrogen and oxygen atoms in total. The summed E-state index contributed by atoms with van der Waals surface area (Å²) in [7, 11) is 1.61. The highest BCUT2D eigenvalue weighted by atomic mass is 32.2. The molecule has 1 saturated heterocycles. The molecule has 0 bridgehead atoms. The zero-order valence-corrected chi connectivity index (χ0v) is 14.8. The van der Waals surface area contributed by atoms with Crippen LogP contribution in [0.1, 0.15) is 13.8 Å². The summed E-state index contributed by atoms with van der Waals surface area (Å²) in [5, 5.41) is 12.0. The lowest BCUT2D eigenvalue weighted by Crippen LogP contribution is -2.38. The van der Waals surface area contributed by atoms with Crippen molar-refractivity contribution in [3.8, 4) is 0 Å². The highest BCUT2D eigenvalue weighted by molar-refractivity contribution is 8.00. The molecule has 1 fully saturated rings. The number of rotatable bonds is 8. The fraction of sp³-hybridized carbons (Fsp3) is 0.786. The first-order valence-electron chi connectivity index (χ1n) is 7.86. The van der Waals surface area contributed by atoms with Gasteiger partial charge in [-0.25, -0.2) is 0 Å². The van der Waals surface area contributed by atoms with Gasteiger partial charge in [0.1, 0.15) is 0 Å². The van der Waals surface area contributed by atoms with E-state index in [0.29, 0.717) is 26.4 Å². The Balaban J connectivity index is 1.99. The molecule has 0 aromatic carbocycles. The molecule has 2 rings (SSSR count). The zero-order chi connectivity index (χ0) is 16.7. The fourth-order valence-corrected chi connectivity index (χ4v) is 3.21. The summed E-state index contributed by atoms with van der Waals surface area (Å²) in [5.41, 5.74) is 0. The van der Waals surface area contributed by atoms with Crippen molar-refractivity contribution in [2.75, 3.05) is 51.5 Å². The fourth-order valence-electron chi connectivity index (χ4n) is 2.27. The molecular weight excluding hydrogens is 318 g/mol. The quantitative estimate of drug-likeness (QED) is 0.540. The van der Waals surface area contributed by atoms with E-state index in [4.69, 9.17) is 9.47 Å². The largest absolute Gasteiger partial charge is 0.383 e. The minimum Gasteiger partial charge on any atom is -0.383 e. The van der Waals surface area contributed by atoms with Gasteiger partial charge in [0.05, 0.1) is 25.1 Å². The Kier molecular flexibility index (Phi) is 7.13. The summed E-state index contributed by atoms with van der Waals surface area (Å²) in [4.78, 5) is 14.2. The number of carbonyl (C=O) groups excluding carboxylic acids is 1. The monoisotopic (exact) mass is 343 g/mol. The van der Waals surface area contributed by atoms with Gasteiger partial charge in [-0.05, 0) is 13.8 Å². The number of carbonyl (C=O) groups is 1. The van der Waals surface area contributed by atoms with Gasteiger partial charge in [-0.15, -0.1) is 10.2 Å². The Bertz CT molecular complexity index is 505. The summed E-state index contributed by atoms with van der Waals surface area (Å²) in [6, 6.07) is 0. The molecule has 1 aromatic rings. The third kappa shape index (κ3) is 4.82. The van der Waals surface area contributed by atoms with Crippen LogP contribution >= 0.6 is 11.8 Å². The lowest BCUT2D eigenvalue weighted by molar-refractivity contribution is -0.120. The van der Waals surface area contributed by atoms with Gasteiger partial charge in [-0.2, -0.15) is 0 Å². The van der Waals surface area contributed by atoms with Crippen LogP contribution in [0.4, 0.5) is 5.95 Å².